The lowest BCUT2D eigenvalue weighted by Crippen LogP contribution is -2.32. The molecule has 0 aliphatic rings. The van der Waals surface area contributed by atoms with Gasteiger partial charge in [-0.15, -0.1) is 0 Å². The van der Waals surface area contributed by atoms with Crippen LogP contribution in [0.5, 0.6) is 0 Å². The van der Waals surface area contributed by atoms with Gasteiger partial charge in [0.1, 0.15) is 0 Å². The van der Waals surface area contributed by atoms with Gasteiger partial charge in [0.2, 0.25) is 10.0 Å². The van der Waals surface area contributed by atoms with Crippen molar-refractivity contribution in [2.45, 2.75) is 32.6 Å². The Labute approximate surface area is 125 Å². The van der Waals surface area contributed by atoms with Crippen molar-refractivity contribution in [2.24, 2.45) is 0 Å². The number of nitrogens with zero attached hydrogens (tertiary/aromatic N) is 2. The highest BCUT2D eigenvalue weighted by Gasteiger charge is 2.27. The van der Waals surface area contributed by atoms with Crippen molar-refractivity contribution in [1.82, 2.24) is 4.31 Å². The van der Waals surface area contributed by atoms with E-state index in [9.17, 15) is 18.5 Å². The number of aryl methyl sites for hydroxylation is 1. The molecule has 1 rings (SSSR count). The molecular weight excluding hydrogens is 292 g/mol. The Balaban J connectivity index is 3.49. The van der Waals surface area contributed by atoms with Crippen LogP contribution in [-0.2, 0) is 10.0 Å². The predicted octanol–water partition coefficient (Wildman–Crippen LogP) is 2.80. The SMILES string of the molecule is C=C(C)CN(CC)S(=O)(=O)c1cc([N+](=O)[O-])cc(C)c1C. The molecular formula is C14H20N2O4S. The van der Waals surface area contributed by atoms with Crippen LogP contribution in [0.3, 0.4) is 0 Å². The summed E-state index contributed by atoms with van der Waals surface area (Å²) in [6.45, 7) is 11.0. The quantitative estimate of drug-likeness (QED) is 0.459. The maximum Gasteiger partial charge on any atom is 0.271 e. The Bertz CT molecular complexity index is 680. The average Bonchev–Trinajstić information content (AvgIpc) is 2.37. The monoisotopic (exact) mass is 312 g/mol. The van der Waals surface area contributed by atoms with E-state index in [-0.39, 0.29) is 23.7 Å². The molecule has 7 heteroatoms. The fourth-order valence-corrected chi connectivity index (χ4v) is 3.81. The average molecular weight is 312 g/mol. The largest absolute Gasteiger partial charge is 0.271 e. The van der Waals surface area contributed by atoms with Gasteiger partial charge in [-0.25, -0.2) is 8.42 Å². The summed E-state index contributed by atoms with van der Waals surface area (Å²) in [4.78, 5) is 10.3. The van der Waals surface area contributed by atoms with Gasteiger partial charge < -0.3 is 0 Å². The van der Waals surface area contributed by atoms with E-state index in [1.54, 1.807) is 27.7 Å². The van der Waals surface area contributed by atoms with E-state index in [4.69, 9.17) is 0 Å². The van der Waals surface area contributed by atoms with Crippen molar-refractivity contribution >= 4 is 15.7 Å². The maximum atomic E-state index is 12.7. The van der Waals surface area contributed by atoms with Crippen molar-refractivity contribution in [3.05, 3.63) is 45.5 Å². The number of sulfonamides is 1. The van der Waals surface area contributed by atoms with Crippen LogP contribution >= 0.6 is 0 Å². The van der Waals surface area contributed by atoms with Crippen molar-refractivity contribution in [1.29, 1.82) is 0 Å². The number of nitro benzene ring substituents is 1. The summed E-state index contributed by atoms with van der Waals surface area (Å²) in [6, 6.07) is 2.50. The summed E-state index contributed by atoms with van der Waals surface area (Å²) in [5, 5.41) is 10.9. The molecule has 0 aliphatic carbocycles. The lowest BCUT2D eigenvalue weighted by Gasteiger charge is -2.22. The molecule has 0 bridgehead atoms. The topological polar surface area (TPSA) is 80.5 Å². The summed E-state index contributed by atoms with van der Waals surface area (Å²) in [5.41, 5.74) is 1.60. The van der Waals surface area contributed by atoms with E-state index >= 15 is 0 Å². The second-order valence-corrected chi connectivity index (χ2v) is 6.94. The zero-order valence-electron chi connectivity index (χ0n) is 12.7. The highest BCUT2D eigenvalue weighted by atomic mass is 32.2. The first kappa shape index (κ1) is 17.3. The Morgan fingerprint density at radius 1 is 1.38 bits per heavy atom. The molecule has 116 valence electrons. The van der Waals surface area contributed by atoms with Gasteiger partial charge >= 0.3 is 0 Å². The molecule has 0 saturated heterocycles. The first-order valence-corrected chi connectivity index (χ1v) is 7.95. The Morgan fingerprint density at radius 3 is 2.38 bits per heavy atom. The van der Waals surface area contributed by atoms with Gasteiger partial charge in [0.25, 0.3) is 5.69 Å². The number of non-ortho nitro benzene ring substituents is 1. The van der Waals surface area contributed by atoms with E-state index in [0.717, 1.165) is 6.07 Å². The number of benzene rings is 1. The van der Waals surface area contributed by atoms with Crippen LogP contribution in [-0.4, -0.2) is 30.7 Å². The lowest BCUT2D eigenvalue weighted by atomic mass is 10.1. The minimum Gasteiger partial charge on any atom is -0.258 e. The number of hydrogen-bond acceptors (Lipinski definition) is 4. The molecule has 0 aromatic heterocycles. The van der Waals surface area contributed by atoms with E-state index in [0.29, 0.717) is 16.7 Å². The fraction of sp³-hybridized carbons (Fsp3) is 0.429. The van der Waals surface area contributed by atoms with Gasteiger partial charge in [-0.2, -0.15) is 4.31 Å². The molecule has 1 aromatic carbocycles. The van der Waals surface area contributed by atoms with Crippen LogP contribution in [0, 0.1) is 24.0 Å². The van der Waals surface area contributed by atoms with Gasteiger partial charge in [-0.3, -0.25) is 10.1 Å². The van der Waals surface area contributed by atoms with E-state index in [1.165, 1.54) is 10.4 Å². The molecule has 0 radical (unpaired) electrons. The van der Waals surface area contributed by atoms with Crippen LogP contribution in [0.15, 0.2) is 29.2 Å². The Hall–Kier alpha value is -1.73. The molecule has 0 amide bonds. The van der Waals surface area contributed by atoms with Crippen LogP contribution < -0.4 is 0 Å². The van der Waals surface area contributed by atoms with Crippen molar-refractivity contribution in [2.75, 3.05) is 13.1 Å². The molecule has 0 fully saturated rings. The van der Waals surface area contributed by atoms with Crippen molar-refractivity contribution in [3.63, 3.8) is 0 Å². The van der Waals surface area contributed by atoms with Gasteiger partial charge in [-0.1, -0.05) is 19.1 Å². The molecule has 0 atom stereocenters. The minimum absolute atomic E-state index is 0.0164. The van der Waals surface area contributed by atoms with Gasteiger partial charge in [-0.05, 0) is 31.9 Å². The number of rotatable bonds is 6. The van der Waals surface area contributed by atoms with Crippen LogP contribution in [0.1, 0.15) is 25.0 Å². The normalized spacial score (nSPS) is 11.7. The second kappa shape index (κ2) is 6.36. The Morgan fingerprint density at radius 2 is 1.95 bits per heavy atom. The third kappa shape index (κ3) is 3.68. The third-order valence-corrected chi connectivity index (χ3v) is 5.28. The number of likely N-dealkylation sites (N-methyl/N-ethyl adjacent to an activating group) is 1. The lowest BCUT2D eigenvalue weighted by molar-refractivity contribution is -0.385. The fourth-order valence-electron chi connectivity index (χ4n) is 1.99. The summed E-state index contributed by atoms with van der Waals surface area (Å²) < 4.78 is 26.7. The van der Waals surface area contributed by atoms with E-state index in [2.05, 4.69) is 6.58 Å². The maximum absolute atomic E-state index is 12.7. The van der Waals surface area contributed by atoms with Crippen molar-refractivity contribution < 1.29 is 13.3 Å². The van der Waals surface area contributed by atoms with E-state index < -0.39 is 14.9 Å². The minimum atomic E-state index is -3.79. The van der Waals surface area contributed by atoms with E-state index in [1.807, 2.05) is 0 Å². The van der Waals surface area contributed by atoms with Gasteiger partial charge in [0, 0.05) is 25.2 Å². The van der Waals surface area contributed by atoms with Crippen LogP contribution in [0.25, 0.3) is 0 Å². The Kier molecular flexibility index (Phi) is 5.25. The van der Waals surface area contributed by atoms with Crippen LogP contribution in [0.4, 0.5) is 5.69 Å². The van der Waals surface area contributed by atoms with Gasteiger partial charge in [0.15, 0.2) is 0 Å². The molecule has 1 aromatic rings. The molecule has 21 heavy (non-hydrogen) atoms. The first-order chi connectivity index (χ1) is 9.61. The summed E-state index contributed by atoms with van der Waals surface area (Å²) in [6.07, 6.45) is 0. The predicted molar refractivity (Wildman–Crippen MR) is 81.8 cm³/mol. The molecule has 0 heterocycles. The van der Waals surface area contributed by atoms with Crippen LogP contribution in [0.2, 0.25) is 0 Å². The summed E-state index contributed by atoms with van der Waals surface area (Å²) in [7, 11) is -3.79. The zero-order valence-corrected chi connectivity index (χ0v) is 13.5. The second-order valence-electron chi connectivity index (χ2n) is 5.03. The molecule has 6 nitrogen and oxygen atoms in total. The summed E-state index contributed by atoms with van der Waals surface area (Å²) in [5.74, 6) is 0. The molecule has 0 saturated carbocycles. The molecule has 0 N–H and O–H groups in total. The molecule has 0 spiro atoms. The zero-order chi connectivity index (χ0) is 16.4. The standard InChI is InChI=1S/C14H20N2O4S/c1-6-15(9-10(2)3)21(19,20)14-8-13(16(17)18)7-11(4)12(14)5/h7-8H,2,6,9H2,1,3-5H3. The first-order valence-electron chi connectivity index (χ1n) is 6.51. The molecule has 0 aliphatic heterocycles. The molecule has 0 unspecified atom stereocenters. The highest BCUT2D eigenvalue weighted by Crippen LogP contribution is 2.28. The van der Waals surface area contributed by atoms with Gasteiger partial charge in [0.05, 0.1) is 9.82 Å². The summed E-state index contributed by atoms with van der Waals surface area (Å²) >= 11 is 0. The highest BCUT2D eigenvalue weighted by molar-refractivity contribution is 7.89. The number of nitro groups is 1. The van der Waals surface area contributed by atoms with Crippen molar-refractivity contribution in [3.8, 4) is 0 Å². The number of hydrogen-bond donors (Lipinski definition) is 0. The smallest absolute Gasteiger partial charge is 0.258 e. The third-order valence-electron chi connectivity index (χ3n) is 3.23.